The molecule has 1 atom stereocenters. The van der Waals surface area contributed by atoms with E-state index >= 15 is 0 Å². The number of hydrogen-bond donors (Lipinski definition) is 1. The fraction of sp³-hybridized carbons (Fsp3) is 0.417. The molecule has 4 nitrogen and oxygen atoms in total. The topological polar surface area (TPSA) is 56.5 Å². The molecule has 0 spiro atoms. The number of phenolic OH excluding ortho intramolecular Hbond substituents is 1. The lowest BCUT2D eigenvalue weighted by atomic mass is 10.2. The van der Waals surface area contributed by atoms with Crippen LogP contribution in [0.4, 0.5) is 0 Å². The highest BCUT2D eigenvalue weighted by atomic mass is 16.5. The molecule has 1 unspecified atom stereocenters. The van der Waals surface area contributed by atoms with E-state index in [-0.39, 0.29) is 11.9 Å². The second kappa shape index (κ2) is 4.97. The lowest BCUT2D eigenvalue weighted by molar-refractivity contribution is -0.00270. The summed E-state index contributed by atoms with van der Waals surface area (Å²) in [5, 5.41) is 18.1. The van der Waals surface area contributed by atoms with E-state index in [0.29, 0.717) is 13.2 Å². The van der Waals surface area contributed by atoms with E-state index in [1.54, 1.807) is 12.1 Å². The van der Waals surface area contributed by atoms with Crippen LogP contribution >= 0.6 is 0 Å². The van der Waals surface area contributed by atoms with Crippen LogP contribution in [0.1, 0.15) is 5.56 Å². The maximum Gasteiger partial charge on any atom is 0.156 e. The molecule has 0 aromatic heterocycles. The predicted molar refractivity (Wildman–Crippen MR) is 58.7 cm³/mol. The van der Waals surface area contributed by atoms with Gasteiger partial charge in [-0.05, 0) is 17.7 Å². The highest BCUT2D eigenvalue weighted by molar-refractivity contribution is 5.27. The Morgan fingerprint density at radius 1 is 1.56 bits per heavy atom. The number of aromatic hydroxyl groups is 1. The fourth-order valence-electron chi connectivity index (χ4n) is 1.84. The van der Waals surface area contributed by atoms with E-state index in [4.69, 9.17) is 10.00 Å². The molecule has 0 bridgehead atoms. The summed E-state index contributed by atoms with van der Waals surface area (Å²) < 4.78 is 5.27. The Morgan fingerprint density at radius 3 is 3.19 bits per heavy atom. The minimum absolute atomic E-state index is 0.280. The summed E-state index contributed by atoms with van der Waals surface area (Å²) in [7, 11) is 0. The van der Waals surface area contributed by atoms with Crippen molar-refractivity contribution >= 4 is 0 Å². The summed E-state index contributed by atoms with van der Waals surface area (Å²) in [5.74, 6) is 0.280. The zero-order chi connectivity index (χ0) is 11.4. The summed E-state index contributed by atoms with van der Waals surface area (Å²) in [6, 6.07) is 9.31. The molecule has 4 heteroatoms. The molecule has 0 radical (unpaired) electrons. The maximum atomic E-state index is 9.35. The highest BCUT2D eigenvalue weighted by Crippen LogP contribution is 2.14. The molecule has 84 valence electrons. The van der Waals surface area contributed by atoms with Crippen LogP contribution in [-0.2, 0) is 11.3 Å². The summed E-state index contributed by atoms with van der Waals surface area (Å²) in [6.45, 7) is 2.80. The van der Waals surface area contributed by atoms with Crippen molar-refractivity contribution in [3.8, 4) is 11.8 Å². The molecule has 1 aliphatic rings. The fourth-order valence-corrected chi connectivity index (χ4v) is 1.84. The Hall–Kier alpha value is -1.57. The Morgan fingerprint density at radius 2 is 2.44 bits per heavy atom. The SMILES string of the molecule is N#CC1CN(Cc2cccc(O)c2)CCO1. The third-order valence-electron chi connectivity index (χ3n) is 2.61. The number of benzene rings is 1. The molecular formula is C12H14N2O2. The number of nitrogens with zero attached hydrogens (tertiary/aromatic N) is 2. The average Bonchev–Trinajstić information content (AvgIpc) is 2.29. The number of phenols is 1. The summed E-state index contributed by atoms with van der Waals surface area (Å²) in [5.41, 5.74) is 1.05. The molecule has 16 heavy (non-hydrogen) atoms. The van der Waals surface area contributed by atoms with Gasteiger partial charge in [0.1, 0.15) is 5.75 Å². The number of hydrogen-bond acceptors (Lipinski definition) is 4. The Bertz CT molecular complexity index is 400. The molecule has 1 aliphatic heterocycles. The quantitative estimate of drug-likeness (QED) is 0.808. The first-order chi connectivity index (χ1) is 7.78. The predicted octanol–water partition coefficient (Wildman–Crippen LogP) is 1.12. The largest absolute Gasteiger partial charge is 0.508 e. The van der Waals surface area contributed by atoms with Gasteiger partial charge < -0.3 is 9.84 Å². The van der Waals surface area contributed by atoms with Crippen molar-refractivity contribution in [3.05, 3.63) is 29.8 Å². The van der Waals surface area contributed by atoms with Crippen molar-refractivity contribution in [2.24, 2.45) is 0 Å². The van der Waals surface area contributed by atoms with Gasteiger partial charge in [0.2, 0.25) is 0 Å². The molecule has 1 aromatic rings. The van der Waals surface area contributed by atoms with Crippen molar-refractivity contribution < 1.29 is 9.84 Å². The van der Waals surface area contributed by atoms with Crippen LogP contribution in [0.25, 0.3) is 0 Å². The highest BCUT2D eigenvalue weighted by Gasteiger charge is 2.19. The molecule has 1 aromatic carbocycles. The van der Waals surface area contributed by atoms with E-state index in [9.17, 15) is 5.11 Å². The maximum absolute atomic E-state index is 9.35. The van der Waals surface area contributed by atoms with Crippen LogP contribution in [0.3, 0.4) is 0 Å². The molecule has 1 fully saturated rings. The molecule has 0 amide bonds. The number of rotatable bonds is 2. The van der Waals surface area contributed by atoms with Crippen molar-refractivity contribution in [2.75, 3.05) is 19.7 Å². The van der Waals surface area contributed by atoms with Crippen LogP contribution in [0, 0.1) is 11.3 Å². The minimum atomic E-state index is -0.328. The standard InChI is InChI=1S/C12H14N2O2/c13-7-12-9-14(4-5-16-12)8-10-2-1-3-11(15)6-10/h1-3,6,12,15H,4-5,8-9H2. The van der Waals surface area contributed by atoms with Gasteiger partial charge in [0, 0.05) is 19.6 Å². The average molecular weight is 218 g/mol. The van der Waals surface area contributed by atoms with E-state index in [1.165, 1.54) is 0 Å². The molecule has 1 saturated heterocycles. The van der Waals surface area contributed by atoms with Gasteiger partial charge in [-0.1, -0.05) is 12.1 Å². The first-order valence-electron chi connectivity index (χ1n) is 5.29. The van der Waals surface area contributed by atoms with E-state index in [0.717, 1.165) is 18.7 Å². The van der Waals surface area contributed by atoms with E-state index in [2.05, 4.69) is 11.0 Å². The van der Waals surface area contributed by atoms with Crippen LogP contribution in [0.5, 0.6) is 5.75 Å². The minimum Gasteiger partial charge on any atom is -0.508 e. The Kier molecular flexibility index (Phi) is 3.40. The van der Waals surface area contributed by atoms with E-state index < -0.39 is 0 Å². The molecule has 0 saturated carbocycles. The Balaban J connectivity index is 1.97. The van der Waals surface area contributed by atoms with Gasteiger partial charge in [-0.3, -0.25) is 4.90 Å². The first kappa shape index (κ1) is 10.9. The number of morpholine rings is 1. The zero-order valence-corrected chi connectivity index (χ0v) is 8.97. The summed E-state index contributed by atoms with van der Waals surface area (Å²) >= 11 is 0. The van der Waals surface area contributed by atoms with Crippen LogP contribution in [0.15, 0.2) is 24.3 Å². The smallest absolute Gasteiger partial charge is 0.156 e. The molecule has 1 heterocycles. The van der Waals surface area contributed by atoms with Gasteiger partial charge in [-0.25, -0.2) is 0 Å². The number of nitriles is 1. The lowest BCUT2D eigenvalue weighted by Crippen LogP contribution is -2.41. The van der Waals surface area contributed by atoms with Crippen molar-refractivity contribution in [2.45, 2.75) is 12.6 Å². The molecule has 0 aliphatic carbocycles. The molecule has 1 N–H and O–H groups in total. The van der Waals surface area contributed by atoms with Crippen LogP contribution in [-0.4, -0.2) is 35.8 Å². The molecular weight excluding hydrogens is 204 g/mol. The third kappa shape index (κ3) is 2.72. The summed E-state index contributed by atoms with van der Waals surface area (Å²) in [4.78, 5) is 2.16. The monoisotopic (exact) mass is 218 g/mol. The van der Waals surface area contributed by atoms with Crippen molar-refractivity contribution in [1.82, 2.24) is 4.90 Å². The Labute approximate surface area is 94.7 Å². The van der Waals surface area contributed by atoms with Gasteiger partial charge in [0.15, 0.2) is 6.10 Å². The molecule has 2 rings (SSSR count). The third-order valence-corrected chi connectivity index (χ3v) is 2.61. The van der Waals surface area contributed by atoms with Gasteiger partial charge in [0.25, 0.3) is 0 Å². The van der Waals surface area contributed by atoms with Crippen LogP contribution in [0.2, 0.25) is 0 Å². The first-order valence-corrected chi connectivity index (χ1v) is 5.29. The van der Waals surface area contributed by atoms with Crippen molar-refractivity contribution in [1.29, 1.82) is 5.26 Å². The van der Waals surface area contributed by atoms with Gasteiger partial charge in [-0.2, -0.15) is 5.26 Å². The van der Waals surface area contributed by atoms with Crippen molar-refractivity contribution in [3.63, 3.8) is 0 Å². The second-order valence-corrected chi connectivity index (χ2v) is 3.89. The number of ether oxygens (including phenoxy) is 1. The zero-order valence-electron chi connectivity index (χ0n) is 8.97. The van der Waals surface area contributed by atoms with Gasteiger partial charge >= 0.3 is 0 Å². The summed E-state index contributed by atoms with van der Waals surface area (Å²) in [6.07, 6.45) is -0.328. The van der Waals surface area contributed by atoms with Crippen LogP contribution < -0.4 is 0 Å². The van der Waals surface area contributed by atoms with Gasteiger partial charge in [0.05, 0.1) is 12.7 Å². The van der Waals surface area contributed by atoms with Gasteiger partial charge in [-0.15, -0.1) is 0 Å². The lowest BCUT2D eigenvalue weighted by Gasteiger charge is -2.29. The normalized spacial score (nSPS) is 21.6. The van der Waals surface area contributed by atoms with E-state index in [1.807, 2.05) is 12.1 Å². The second-order valence-electron chi connectivity index (χ2n) is 3.89.